The van der Waals surface area contributed by atoms with Crippen molar-refractivity contribution >= 4 is 11.9 Å². The molecule has 0 aromatic heterocycles. The average molecular weight is 396 g/mol. The number of esters is 1. The molecule has 29 heavy (non-hydrogen) atoms. The van der Waals surface area contributed by atoms with E-state index < -0.39 is 0 Å². The fourth-order valence-corrected chi connectivity index (χ4v) is 3.87. The number of ether oxygens (including phenoxy) is 2. The third-order valence-electron chi connectivity index (χ3n) is 5.47. The highest BCUT2D eigenvalue weighted by atomic mass is 16.5. The largest absolute Gasteiger partial charge is 0.497 e. The maximum absolute atomic E-state index is 12.6. The average Bonchev–Trinajstić information content (AvgIpc) is 2.77. The first-order valence-corrected chi connectivity index (χ1v) is 9.92. The van der Waals surface area contributed by atoms with Crippen molar-refractivity contribution in [3.05, 3.63) is 65.7 Å². The highest BCUT2D eigenvalue weighted by Gasteiger charge is 2.43. The van der Waals surface area contributed by atoms with Gasteiger partial charge in [-0.1, -0.05) is 42.5 Å². The Hall–Kier alpha value is -3.02. The molecule has 0 bridgehead atoms. The molecule has 3 atom stereocenters. The minimum atomic E-state index is -0.331. The highest BCUT2D eigenvalue weighted by Crippen LogP contribution is 2.32. The zero-order valence-corrected chi connectivity index (χ0v) is 17.5. The highest BCUT2D eigenvalue weighted by molar-refractivity contribution is 5.85. The SMILES string of the molecule is CCN1C(=NCc2ccc(OC)cc2)N[C@@H](c2ccccc2)[C@H](C(=O)OC)[C@H]1C. The molecule has 1 aliphatic heterocycles. The number of nitrogens with zero attached hydrogens (tertiary/aromatic N) is 2. The van der Waals surface area contributed by atoms with E-state index in [0.717, 1.165) is 29.4 Å². The summed E-state index contributed by atoms with van der Waals surface area (Å²) in [5.41, 5.74) is 2.14. The molecular formula is C23H29N3O3. The maximum Gasteiger partial charge on any atom is 0.313 e. The van der Waals surface area contributed by atoms with Gasteiger partial charge in [0.05, 0.1) is 26.8 Å². The monoisotopic (exact) mass is 395 g/mol. The molecule has 0 saturated carbocycles. The summed E-state index contributed by atoms with van der Waals surface area (Å²) in [6.07, 6.45) is 0. The van der Waals surface area contributed by atoms with Crippen LogP contribution in [0.1, 0.15) is 31.0 Å². The minimum Gasteiger partial charge on any atom is -0.497 e. The molecule has 2 aromatic rings. The molecule has 0 unspecified atom stereocenters. The Labute approximate surface area is 172 Å². The van der Waals surface area contributed by atoms with E-state index in [-0.39, 0.29) is 24.0 Å². The zero-order chi connectivity index (χ0) is 20.8. The first-order valence-electron chi connectivity index (χ1n) is 9.92. The normalized spacial score (nSPS) is 22.8. The lowest BCUT2D eigenvalue weighted by atomic mass is 9.85. The molecule has 2 aromatic carbocycles. The minimum absolute atomic E-state index is 0.0477. The van der Waals surface area contributed by atoms with Crippen LogP contribution in [0.2, 0.25) is 0 Å². The number of hydrogen-bond donors (Lipinski definition) is 1. The van der Waals surface area contributed by atoms with E-state index in [1.165, 1.54) is 7.11 Å². The maximum atomic E-state index is 12.6. The van der Waals surface area contributed by atoms with Crippen LogP contribution in [0.15, 0.2) is 59.6 Å². The van der Waals surface area contributed by atoms with Gasteiger partial charge in [0.25, 0.3) is 0 Å². The lowest BCUT2D eigenvalue weighted by Gasteiger charge is -2.45. The van der Waals surface area contributed by atoms with E-state index in [2.05, 4.69) is 24.1 Å². The lowest BCUT2D eigenvalue weighted by Crippen LogP contribution is -2.60. The van der Waals surface area contributed by atoms with Crippen LogP contribution in [-0.4, -0.2) is 43.6 Å². The summed E-state index contributed by atoms with van der Waals surface area (Å²) < 4.78 is 10.4. The van der Waals surface area contributed by atoms with E-state index in [1.807, 2.05) is 54.6 Å². The van der Waals surface area contributed by atoms with Gasteiger partial charge in [0.2, 0.25) is 0 Å². The fraction of sp³-hybridized carbons (Fsp3) is 0.391. The molecule has 1 N–H and O–H groups in total. The van der Waals surface area contributed by atoms with E-state index in [9.17, 15) is 4.79 Å². The van der Waals surface area contributed by atoms with Gasteiger partial charge in [0.1, 0.15) is 11.7 Å². The second-order valence-electron chi connectivity index (χ2n) is 7.10. The number of guanidine groups is 1. The predicted octanol–water partition coefficient (Wildman–Crippen LogP) is 3.40. The molecule has 154 valence electrons. The van der Waals surface area contributed by atoms with Crippen molar-refractivity contribution in [1.82, 2.24) is 10.2 Å². The molecule has 1 heterocycles. The van der Waals surface area contributed by atoms with E-state index in [1.54, 1.807) is 7.11 Å². The number of benzene rings is 2. The number of aliphatic imine (C=N–C) groups is 1. The van der Waals surface area contributed by atoms with Gasteiger partial charge in [0, 0.05) is 12.6 Å². The molecule has 1 aliphatic rings. The second-order valence-corrected chi connectivity index (χ2v) is 7.10. The standard InChI is InChI=1S/C23H29N3O3/c1-5-26-16(2)20(22(27)29-4)21(18-9-7-6-8-10-18)25-23(26)24-15-17-11-13-19(28-3)14-12-17/h6-14,16,20-21H,5,15H2,1-4H3,(H,24,25)/t16-,20-,21+/m1/s1. The van der Waals surface area contributed by atoms with Crippen molar-refractivity contribution in [2.24, 2.45) is 10.9 Å². The van der Waals surface area contributed by atoms with E-state index >= 15 is 0 Å². The summed E-state index contributed by atoms with van der Waals surface area (Å²) in [6.45, 7) is 5.41. The third-order valence-corrected chi connectivity index (χ3v) is 5.47. The molecule has 0 aliphatic carbocycles. The lowest BCUT2D eigenvalue weighted by molar-refractivity contribution is -0.149. The van der Waals surface area contributed by atoms with Crippen LogP contribution < -0.4 is 10.1 Å². The van der Waals surface area contributed by atoms with Crippen LogP contribution in [0.3, 0.4) is 0 Å². The van der Waals surface area contributed by atoms with Crippen molar-refractivity contribution < 1.29 is 14.3 Å². The Bertz CT molecular complexity index is 836. The quantitative estimate of drug-likeness (QED) is 0.760. The summed E-state index contributed by atoms with van der Waals surface area (Å²) in [7, 11) is 3.10. The predicted molar refractivity (Wildman–Crippen MR) is 114 cm³/mol. The van der Waals surface area contributed by atoms with E-state index in [0.29, 0.717) is 6.54 Å². The molecule has 0 spiro atoms. The van der Waals surface area contributed by atoms with Gasteiger partial charge in [-0.2, -0.15) is 0 Å². The summed E-state index contributed by atoms with van der Waals surface area (Å²) >= 11 is 0. The Morgan fingerprint density at radius 2 is 1.79 bits per heavy atom. The van der Waals surface area contributed by atoms with Gasteiger partial charge in [-0.3, -0.25) is 4.79 Å². The third kappa shape index (κ3) is 4.53. The first kappa shape index (κ1) is 20.7. The van der Waals surface area contributed by atoms with Crippen LogP contribution >= 0.6 is 0 Å². The number of carbonyl (C=O) groups excluding carboxylic acids is 1. The number of methoxy groups -OCH3 is 2. The fourth-order valence-electron chi connectivity index (χ4n) is 3.87. The molecule has 3 rings (SSSR count). The van der Waals surface area contributed by atoms with Crippen molar-refractivity contribution in [2.75, 3.05) is 20.8 Å². The smallest absolute Gasteiger partial charge is 0.313 e. The van der Waals surface area contributed by atoms with Crippen molar-refractivity contribution in [3.63, 3.8) is 0 Å². The van der Waals surface area contributed by atoms with Crippen LogP contribution in [0.5, 0.6) is 5.75 Å². The van der Waals surface area contributed by atoms with Gasteiger partial charge < -0.3 is 19.7 Å². The molecule has 6 heteroatoms. The number of hydrogen-bond acceptors (Lipinski definition) is 4. The topological polar surface area (TPSA) is 63.2 Å². The Kier molecular flexibility index (Phi) is 6.75. The Morgan fingerprint density at radius 3 is 2.38 bits per heavy atom. The molecule has 0 amide bonds. The summed E-state index contributed by atoms with van der Waals surface area (Å²) in [5.74, 6) is 1.07. The van der Waals surface area contributed by atoms with Crippen LogP contribution in [0, 0.1) is 5.92 Å². The van der Waals surface area contributed by atoms with Gasteiger partial charge in [0.15, 0.2) is 5.96 Å². The molecule has 1 saturated heterocycles. The molecule has 1 fully saturated rings. The molecule has 0 radical (unpaired) electrons. The number of nitrogens with one attached hydrogen (secondary N) is 1. The summed E-state index contributed by atoms with van der Waals surface area (Å²) in [4.78, 5) is 19.6. The van der Waals surface area contributed by atoms with Crippen LogP contribution in [0.25, 0.3) is 0 Å². The van der Waals surface area contributed by atoms with E-state index in [4.69, 9.17) is 14.5 Å². The summed E-state index contributed by atoms with van der Waals surface area (Å²) in [6, 6.07) is 17.6. The summed E-state index contributed by atoms with van der Waals surface area (Å²) in [5, 5.41) is 3.51. The number of rotatable bonds is 6. The Balaban J connectivity index is 1.90. The van der Waals surface area contributed by atoms with Crippen LogP contribution in [-0.2, 0) is 16.1 Å². The molecular weight excluding hydrogens is 366 g/mol. The van der Waals surface area contributed by atoms with Crippen molar-refractivity contribution in [3.8, 4) is 5.75 Å². The van der Waals surface area contributed by atoms with Crippen molar-refractivity contribution in [1.29, 1.82) is 0 Å². The van der Waals surface area contributed by atoms with Gasteiger partial charge in [-0.05, 0) is 37.1 Å². The number of carbonyl (C=O) groups is 1. The van der Waals surface area contributed by atoms with Crippen molar-refractivity contribution in [2.45, 2.75) is 32.5 Å². The Morgan fingerprint density at radius 1 is 1.10 bits per heavy atom. The van der Waals surface area contributed by atoms with Gasteiger partial charge in [-0.15, -0.1) is 0 Å². The van der Waals surface area contributed by atoms with Gasteiger partial charge >= 0.3 is 5.97 Å². The zero-order valence-electron chi connectivity index (χ0n) is 17.5. The second kappa shape index (κ2) is 9.45. The first-order chi connectivity index (χ1) is 14.1. The van der Waals surface area contributed by atoms with Crippen LogP contribution in [0.4, 0.5) is 0 Å². The molecule has 6 nitrogen and oxygen atoms in total. The van der Waals surface area contributed by atoms with Gasteiger partial charge in [-0.25, -0.2) is 4.99 Å².